The number of aromatic nitrogens is 1. The van der Waals surface area contributed by atoms with Crippen LogP contribution in [0.2, 0.25) is 0 Å². The molecule has 3 nitrogen and oxygen atoms in total. The van der Waals surface area contributed by atoms with Crippen LogP contribution in [0.4, 0.5) is 5.69 Å². The number of aryl methyl sites for hydroxylation is 2. The van der Waals surface area contributed by atoms with Crippen LogP contribution >= 0.6 is 0 Å². The lowest BCUT2D eigenvalue weighted by Gasteiger charge is -2.15. The van der Waals surface area contributed by atoms with Gasteiger partial charge in [0.2, 0.25) is 0 Å². The molecule has 1 unspecified atom stereocenters. The van der Waals surface area contributed by atoms with Gasteiger partial charge >= 0.3 is 0 Å². The number of hydrogen-bond donors (Lipinski definition) is 2. The molecule has 0 aliphatic rings. The van der Waals surface area contributed by atoms with Gasteiger partial charge in [-0.05, 0) is 67.8 Å². The molecule has 0 spiro atoms. The first kappa shape index (κ1) is 20.1. The number of benzene rings is 3. The molecule has 1 atom stereocenters. The molecule has 3 heteroatoms. The molecule has 0 saturated heterocycles. The zero-order valence-electron chi connectivity index (χ0n) is 18.3. The summed E-state index contributed by atoms with van der Waals surface area (Å²) in [4.78, 5) is 3.72. The van der Waals surface area contributed by atoms with E-state index in [0.29, 0.717) is 0 Å². The fourth-order valence-corrected chi connectivity index (χ4v) is 4.08. The van der Waals surface area contributed by atoms with E-state index in [-0.39, 0.29) is 5.92 Å². The fraction of sp³-hybridized carbons (Fsp3) is 0.259. The summed E-state index contributed by atoms with van der Waals surface area (Å²) >= 11 is 0. The van der Waals surface area contributed by atoms with Gasteiger partial charge in [-0.2, -0.15) is 0 Å². The topological polar surface area (TPSA) is 37.0 Å². The minimum absolute atomic E-state index is 0.276. The van der Waals surface area contributed by atoms with Crippen molar-refractivity contribution in [3.63, 3.8) is 0 Å². The van der Waals surface area contributed by atoms with E-state index in [0.717, 1.165) is 18.7 Å². The van der Waals surface area contributed by atoms with E-state index in [1.807, 2.05) is 12.1 Å². The normalized spacial score (nSPS) is 12.1. The third-order valence-corrected chi connectivity index (χ3v) is 5.90. The van der Waals surface area contributed by atoms with Crippen LogP contribution in [0.25, 0.3) is 10.9 Å². The smallest absolute Gasteiger partial charge is 0.118 e. The van der Waals surface area contributed by atoms with Crippen molar-refractivity contribution < 1.29 is 4.74 Å². The van der Waals surface area contributed by atoms with Gasteiger partial charge in [0.1, 0.15) is 5.75 Å². The Morgan fingerprint density at radius 1 is 0.900 bits per heavy atom. The van der Waals surface area contributed by atoms with Crippen LogP contribution in [0, 0.1) is 13.8 Å². The van der Waals surface area contributed by atoms with Crippen molar-refractivity contribution in [3.05, 3.63) is 94.7 Å². The molecule has 4 aromatic rings. The number of ether oxygens (including phenoxy) is 1. The fourth-order valence-electron chi connectivity index (χ4n) is 4.08. The summed E-state index contributed by atoms with van der Waals surface area (Å²) < 4.78 is 5.33. The zero-order valence-corrected chi connectivity index (χ0v) is 18.3. The number of anilines is 1. The van der Waals surface area contributed by atoms with E-state index in [9.17, 15) is 0 Å². The number of aromatic amines is 1. The molecule has 0 radical (unpaired) electrons. The molecule has 4 rings (SSSR count). The number of methoxy groups -OCH3 is 1. The molecule has 0 aliphatic heterocycles. The number of nitrogens with one attached hydrogen (secondary N) is 2. The second-order valence-corrected chi connectivity index (χ2v) is 8.10. The number of hydrogen-bond acceptors (Lipinski definition) is 2. The first-order chi connectivity index (χ1) is 14.5. The summed E-state index contributed by atoms with van der Waals surface area (Å²) in [7, 11) is 1.71. The lowest BCUT2D eigenvalue weighted by atomic mass is 9.93. The van der Waals surface area contributed by atoms with Crippen LogP contribution in [0.3, 0.4) is 0 Å². The van der Waals surface area contributed by atoms with Crippen LogP contribution in [0.1, 0.15) is 40.8 Å². The molecule has 154 valence electrons. The molecular weight excluding hydrogens is 368 g/mol. The Hall–Kier alpha value is -3.20. The zero-order chi connectivity index (χ0) is 21.1. The van der Waals surface area contributed by atoms with Crippen molar-refractivity contribution in [2.24, 2.45) is 0 Å². The maximum absolute atomic E-state index is 5.33. The maximum Gasteiger partial charge on any atom is 0.118 e. The molecule has 0 aliphatic carbocycles. The van der Waals surface area contributed by atoms with E-state index in [1.165, 1.54) is 44.5 Å². The van der Waals surface area contributed by atoms with Crippen molar-refractivity contribution in [2.45, 2.75) is 33.1 Å². The Kier molecular flexibility index (Phi) is 5.80. The van der Waals surface area contributed by atoms with Gasteiger partial charge in [-0.25, -0.2) is 0 Å². The molecule has 1 heterocycles. The summed E-state index contributed by atoms with van der Waals surface area (Å²) in [5, 5.41) is 4.91. The van der Waals surface area contributed by atoms with Crippen LogP contribution < -0.4 is 10.1 Å². The minimum atomic E-state index is 0.276. The van der Waals surface area contributed by atoms with Crippen LogP contribution in [0.5, 0.6) is 5.75 Å². The average Bonchev–Trinajstić information content (AvgIpc) is 3.12. The molecule has 0 fully saturated rings. The Morgan fingerprint density at radius 2 is 1.60 bits per heavy atom. The van der Waals surface area contributed by atoms with Gasteiger partial charge in [0.15, 0.2) is 0 Å². The maximum atomic E-state index is 5.33. The Balaban J connectivity index is 1.63. The molecular formula is C27H30N2O. The molecule has 30 heavy (non-hydrogen) atoms. The highest BCUT2D eigenvalue weighted by atomic mass is 16.5. The lowest BCUT2D eigenvalue weighted by molar-refractivity contribution is 0.414. The number of fused-ring (bicyclic) bond motifs is 1. The Labute approximate surface area is 179 Å². The van der Waals surface area contributed by atoms with Gasteiger partial charge in [0.05, 0.1) is 7.11 Å². The second kappa shape index (κ2) is 8.66. The van der Waals surface area contributed by atoms with Crippen LogP contribution in [-0.2, 0) is 6.42 Å². The molecule has 0 saturated carbocycles. The number of H-pyrrole nitrogens is 1. The summed E-state index contributed by atoms with van der Waals surface area (Å²) in [5.74, 6) is 1.17. The van der Waals surface area contributed by atoms with Gasteiger partial charge in [0.25, 0.3) is 0 Å². The Morgan fingerprint density at radius 3 is 2.30 bits per heavy atom. The van der Waals surface area contributed by atoms with Gasteiger partial charge < -0.3 is 15.0 Å². The van der Waals surface area contributed by atoms with Crippen molar-refractivity contribution in [1.29, 1.82) is 0 Å². The standard InChI is InChI=1S/C27H30N2O/c1-18-5-10-22(11-6-18)28-16-15-24-25-17-19(2)7-14-26(25)29-27(24)20(3)21-8-12-23(30-4)13-9-21/h5-14,17,20,28-29H,15-16H2,1-4H3. The molecule has 3 aromatic carbocycles. The minimum Gasteiger partial charge on any atom is -0.497 e. The molecule has 0 amide bonds. The van der Waals surface area contributed by atoms with Crippen molar-refractivity contribution in [2.75, 3.05) is 19.0 Å². The SMILES string of the molecule is COc1ccc(C(C)c2[nH]c3ccc(C)cc3c2CCNc2ccc(C)cc2)cc1. The highest BCUT2D eigenvalue weighted by Gasteiger charge is 2.18. The van der Waals surface area contributed by atoms with E-state index < -0.39 is 0 Å². The second-order valence-electron chi connectivity index (χ2n) is 8.10. The third-order valence-electron chi connectivity index (χ3n) is 5.90. The molecule has 0 bridgehead atoms. The largest absolute Gasteiger partial charge is 0.497 e. The van der Waals surface area contributed by atoms with Gasteiger partial charge in [0, 0.05) is 34.7 Å². The third kappa shape index (κ3) is 4.20. The molecule has 1 aromatic heterocycles. The van der Waals surface area contributed by atoms with Crippen molar-refractivity contribution >= 4 is 16.6 Å². The monoisotopic (exact) mass is 398 g/mol. The summed E-state index contributed by atoms with van der Waals surface area (Å²) in [6.45, 7) is 7.45. The predicted octanol–water partition coefficient (Wildman–Crippen LogP) is 6.60. The first-order valence-corrected chi connectivity index (χ1v) is 10.6. The summed E-state index contributed by atoms with van der Waals surface area (Å²) in [6.07, 6.45) is 0.965. The quantitative estimate of drug-likeness (QED) is 0.368. The Bertz CT molecular complexity index is 1120. The first-order valence-electron chi connectivity index (χ1n) is 10.6. The molecule has 2 N–H and O–H groups in total. The summed E-state index contributed by atoms with van der Waals surface area (Å²) in [5.41, 5.74) is 8.93. The average molecular weight is 399 g/mol. The highest BCUT2D eigenvalue weighted by molar-refractivity contribution is 5.86. The van der Waals surface area contributed by atoms with Crippen LogP contribution in [-0.4, -0.2) is 18.6 Å². The number of rotatable bonds is 7. The van der Waals surface area contributed by atoms with E-state index in [4.69, 9.17) is 4.74 Å². The van der Waals surface area contributed by atoms with Gasteiger partial charge in [-0.3, -0.25) is 0 Å². The van der Waals surface area contributed by atoms with Gasteiger partial charge in [-0.15, -0.1) is 0 Å². The van der Waals surface area contributed by atoms with Gasteiger partial charge in [-0.1, -0.05) is 48.4 Å². The van der Waals surface area contributed by atoms with Crippen molar-refractivity contribution in [1.82, 2.24) is 4.98 Å². The van der Waals surface area contributed by atoms with E-state index in [1.54, 1.807) is 7.11 Å². The van der Waals surface area contributed by atoms with Crippen LogP contribution in [0.15, 0.2) is 66.7 Å². The highest BCUT2D eigenvalue weighted by Crippen LogP contribution is 2.33. The summed E-state index contributed by atoms with van der Waals surface area (Å²) in [6, 6.07) is 23.7. The van der Waals surface area contributed by atoms with Crippen molar-refractivity contribution in [3.8, 4) is 5.75 Å². The van der Waals surface area contributed by atoms with E-state index >= 15 is 0 Å². The lowest BCUT2D eigenvalue weighted by Crippen LogP contribution is -2.08. The van der Waals surface area contributed by atoms with E-state index in [2.05, 4.69) is 85.7 Å². The predicted molar refractivity (Wildman–Crippen MR) is 127 cm³/mol.